The summed E-state index contributed by atoms with van der Waals surface area (Å²) in [5.74, 6) is 0.970. The third kappa shape index (κ3) is 3.67. The number of aromatic nitrogens is 1. The zero-order valence-corrected chi connectivity index (χ0v) is 13.7. The maximum absolute atomic E-state index is 5.42. The van der Waals surface area contributed by atoms with Gasteiger partial charge in [-0.15, -0.1) is 0 Å². The fourth-order valence-corrected chi connectivity index (χ4v) is 2.67. The van der Waals surface area contributed by atoms with Crippen LogP contribution in [0.25, 0.3) is 0 Å². The van der Waals surface area contributed by atoms with Gasteiger partial charge < -0.3 is 14.6 Å². The molecule has 1 heterocycles. The van der Waals surface area contributed by atoms with Gasteiger partial charge in [0.2, 0.25) is 0 Å². The van der Waals surface area contributed by atoms with Crippen molar-refractivity contribution in [2.24, 2.45) is 7.05 Å². The molecule has 0 aliphatic carbocycles. The Morgan fingerprint density at radius 1 is 1.19 bits per heavy atom. The summed E-state index contributed by atoms with van der Waals surface area (Å²) < 4.78 is 7.65. The molecule has 0 radical (unpaired) electrons. The Bertz CT molecular complexity index is 601. The van der Waals surface area contributed by atoms with Crippen LogP contribution in [-0.4, -0.2) is 17.7 Å². The van der Waals surface area contributed by atoms with Crippen LogP contribution in [0, 0.1) is 13.8 Å². The van der Waals surface area contributed by atoms with Crippen molar-refractivity contribution in [3.05, 3.63) is 52.8 Å². The number of para-hydroxylation sites is 1. The first-order valence-corrected chi connectivity index (χ1v) is 7.50. The normalized spacial score (nSPS) is 12.4. The number of aryl methyl sites for hydroxylation is 1. The summed E-state index contributed by atoms with van der Waals surface area (Å²) in [6, 6.07) is 10.9. The average Bonchev–Trinajstić information content (AvgIpc) is 2.73. The van der Waals surface area contributed by atoms with Gasteiger partial charge in [-0.2, -0.15) is 0 Å². The predicted molar refractivity (Wildman–Crippen MR) is 87.9 cm³/mol. The van der Waals surface area contributed by atoms with Gasteiger partial charge >= 0.3 is 0 Å². The molecule has 1 unspecified atom stereocenters. The van der Waals surface area contributed by atoms with Crippen molar-refractivity contribution in [3.8, 4) is 5.75 Å². The van der Waals surface area contributed by atoms with Crippen LogP contribution in [0.5, 0.6) is 5.75 Å². The first-order valence-electron chi connectivity index (χ1n) is 7.50. The van der Waals surface area contributed by atoms with Gasteiger partial charge in [0.15, 0.2) is 0 Å². The second-order valence-electron chi connectivity index (χ2n) is 5.75. The van der Waals surface area contributed by atoms with Crippen molar-refractivity contribution in [2.45, 2.75) is 39.8 Å². The topological polar surface area (TPSA) is 26.2 Å². The van der Waals surface area contributed by atoms with Crippen LogP contribution in [-0.2, 0) is 20.0 Å². The second kappa shape index (κ2) is 6.81. The lowest BCUT2D eigenvalue weighted by Crippen LogP contribution is -2.27. The summed E-state index contributed by atoms with van der Waals surface area (Å²) in [6.07, 6.45) is 0.967. The van der Waals surface area contributed by atoms with Crippen molar-refractivity contribution in [3.63, 3.8) is 0 Å². The van der Waals surface area contributed by atoms with E-state index in [4.69, 9.17) is 4.74 Å². The molecule has 0 bridgehead atoms. The van der Waals surface area contributed by atoms with E-state index in [0.717, 1.165) is 18.7 Å². The monoisotopic (exact) mass is 286 g/mol. The van der Waals surface area contributed by atoms with Crippen molar-refractivity contribution < 1.29 is 4.74 Å². The number of benzene rings is 1. The van der Waals surface area contributed by atoms with Gasteiger partial charge in [-0.3, -0.25) is 0 Å². The van der Waals surface area contributed by atoms with E-state index in [9.17, 15) is 0 Å². The number of ether oxygens (including phenoxy) is 1. The first kappa shape index (κ1) is 15.6. The predicted octanol–water partition coefficient (Wildman–Crippen LogP) is 3.37. The van der Waals surface area contributed by atoms with Crippen molar-refractivity contribution >= 4 is 0 Å². The Morgan fingerprint density at radius 3 is 2.52 bits per heavy atom. The van der Waals surface area contributed by atoms with Crippen LogP contribution < -0.4 is 10.1 Å². The zero-order chi connectivity index (χ0) is 15.4. The molecular weight excluding hydrogens is 260 g/mol. The summed E-state index contributed by atoms with van der Waals surface area (Å²) in [6.45, 7) is 7.45. The van der Waals surface area contributed by atoms with Crippen LogP contribution in [0.2, 0.25) is 0 Å². The quantitative estimate of drug-likeness (QED) is 0.881. The highest BCUT2D eigenvalue weighted by Crippen LogP contribution is 2.19. The molecule has 1 N–H and O–H groups in total. The van der Waals surface area contributed by atoms with E-state index in [1.54, 1.807) is 7.11 Å². The van der Waals surface area contributed by atoms with Crippen molar-refractivity contribution in [2.75, 3.05) is 7.11 Å². The van der Waals surface area contributed by atoms with Gasteiger partial charge in [0.05, 0.1) is 7.11 Å². The molecule has 0 spiro atoms. The van der Waals surface area contributed by atoms with Crippen LogP contribution in [0.4, 0.5) is 0 Å². The molecule has 2 rings (SSSR count). The average molecular weight is 286 g/mol. The van der Waals surface area contributed by atoms with Crippen LogP contribution in [0.1, 0.15) is 29.4 Å². The van der Waals surface area contributed by atoms with E-state index >= 15 is 0 Å². The number of hydrogen-bond acceptors (Lipinski definition) is 2. The molecule has 1 aromatic heterocycles. The Balaban J connectivity index is 1.96. The number of methoxy groups -OCH3 is 1. The van der Waals surface area contributed by atoms with E-state index in [2.05, 4.69) is 55.9 Å². The highest BCUT2D eigenvalue weighted by Gasteiger charge is 2.10. The van der Waals surface area contributed by atoms with E-state index in [-0.39, 0.29) is 0 Å². The molecule has 0 aliphatic heterocycles. The summed E-state index contributed by atoms with van der Waals surface area (Å²) in [5.41, 5.74) is 5.27. The molecule has 3 nitrogen and oxygen atoms in total. The van der Waals surface area contributed by atoms with Gasteiger partial charge in [0.25, 0.3) is 0 Å². The van der Waals surface area contributed by atoms with E-state index < -0.39 is 0 Å². The molecular formula is C18H26N2O. The van der Waals surface area contributed by atoms with Gasteiger partial charge in [0, 0.05) is 31.0 Å². The minimum absolute atomic E-state index is 0.404. The standard InChI is InChI=1S/C18H26N2O/c1-13(10-16-8-6-7-9-18(16)21-5)19-12-17-11-14(2)20(4)15(17)3/h6-9,11,13,19H,10,12H2,1-5H3. The molecule has 114 valence electrons. The fraction of sp³-hybridized carbons (Fsp3) is 0.444. The largest absolute Gasteiger partial charge is 0.496 e. The lowest BCUT2D eigenvalue weighted by Gasteiger charge is -2.16. The highest BCUT2D eigenvalue weighted by atomic mass is 16.5. The van der Waals surface area contributed by atoms with Gasteiger partial charge in [-0.05, 0) is 50.5 Å². The van der Waals surface area contributed by atoms with E-state index in [1.165, 1.54) is 22.5 Å². The van der Waals surface area contributed by atoms with E-state index in [0.29, 0.717) is 6.04 Å². The van der Waals surface area contributed by atoms with E-state index in [1.807, 2.05) is 12.1 Å². The molecule has 0 aliphatic rings. The smallest absolute Gasteiger partial charge is 0.122 e. The Labute approximate surface area is 127 Å². The number of rotatable bonds is 6. The molecule has 1 atom stereocenters. The van der Waals surface area contributed by atoms with Crippen molar-refractivity contribution in [1.82, 2.24) is 9.88 Å². The van der Waals surface area contributed by atoms with Gasteiger partial charge in [-0.25, -0.2) is 0 Å². The summed E-state index contributed by atoms with van der Waals surface area (Å²) in [5, 5.41) is 3.61. The SMILES string of the molecule is COc1ccccc1CC(C)NCc1cc(C)n(C)c1C. The van der Waals surface area contributed by atoms with Crippen LogP contribution in [0.15, 0.2) is 30.3 Å². The number of nitrogens with one attached hydrogen (secondary N) is 1. The van der Waals surface area contributed by atoms with Crippen LogP contribution in [0.3, 0.4) is 0 Å². The fourth-order valence-electron chi connectivity index (χ4n) is 2.67. The maximum Gasteiger partial charge on any atom is 0.122 e. The molecule has 0 saturated carbocycles. The molecule has 0 amide bonds. The molecule has 2 aromatic rings. The minimum atomic E-state index is 0.404. The summed E-state index contributed by atoms with van der Waals surface area (Å²) in [7, 11) is 3.85. The minimum Gasteiger partial charge on any atom is -0.496 e. The third-order valence-corrected chi connectivity index (χ3v) is 4.24. The number of nitrogens with zero attached hydrogens (tertiary/aromatic N) is 1. The number of hydrogen-bond donors (Lipinski definition) is 1. The highest BCUT2D eigenvalue weighted by molar-refractivity contribution is 5.34. The third-order valence-electron chi connectivity index (χ3n) is 4.24. The van der Waals surface area contributed by atoms with Crippen LogP contribution >= 0.6 is 0 Å². The Kier molecular flexibility index (Phi) is 5.07. The lowest BCUT2D eigenvalue weighted by molar-refractivity contribution is 0.406. The molecule has 0 saturated heterocycles. The molecule has 1 aromatic carbocycles. The Morgan fingerprint density at radius 2 is 1.90 bits per heavy atom. The Hall–Kier alpha value is -1.74. The summed E-state index contributed by atoms with van der Waals surface area (Å²) in [4.78, 5) is 0. The molecule has 0 fully saturated rings. The first-order chi connectivity index (χ1) is 10.0. The molecule has 21 heavy (non-hydrogen) atoms. The maximum atomic E-state index is 5.42. The van der Waals surface area contributed by atoms with Gasteiger partial charge in [-0.1, -0.05) is 18.2 Å². The zero-order valence-electron chi connectivity index (χ0n) is 13.7. The van der Waals surface area contributed by atoms with Gasteiger partial charge in [0.1, 0.15) is 5.75 Å². The second-order valence-corrected chi connectivity index (χ2v) is 5.75. The lowest BCUT2D eigenvalue weighted by atomic mass is 10.1. The van der Waals surface area contributed by atoms with Crippen molar-refractivity contribution in [1.29, 1.82) is 0 Å². The molecule has 3 heteroatoms. The summed E-state index contributed by atoms with van der Waals surface area (Å²) >= 11 is 0.